The molecule has 20 heavy (non-hydrogen) atoms. The highest BCUT2D eigenvalue weighted by Gasteiger charge is 2.31. The molecule has 0 bridgehead atoms. The van der Waals surface area contributed by atoms with Gasteiger partial charge in [-0.15, -0.1) is 0 Å². The van der Waals surface area contributed by atoms with Crippen LogP contribution >= 0.6 is 0 Å². The summed E-state index contributed by atoms with van der Waals surface area (Å²) in [6, 6.07) is 8.53. The Labute approximate surface area is 120 Å². The van der Waals surface area contributed by atoms with E-state index >= 15 is 0 Å². The summed E-state index contributed by atoms with van der Waals surface area (Å²) in [5.41, 5.74) is 8.84. The smallest absolute Gasteiger partial charge is 0.0975 e. The maximum absolute atomic E-state index is 10.1. The van der Waals surface area contributed by atoms with E-state index in [1.165, 1.54) is 11.1 Å². The Morgan fingerprint density at radius 2 is 1.85 bits per heavy atom. The number of aliphatic hydroxyl groups excluding tert-OH is 1. The van der Waals surface area contributed by atoms with Crippen LogP contribution < -0.4 is 5.73 Å². The van der Waals surface area contributed by atoms with Gasteiger partial charge in [0.25, 0.3) is 0 Å². The predicted molar refractivity (Wildman–Crippen MR) is 78.6 cm³/mol. The molecule has 3 rings (SSSR count). The van der Waals surface area contributed by atoms with E-state index in [1.54, 1.807) is 0 Å². The van der Waals surface area contributed by atoms with Crippen LogP contribution in [0.25, 0.3) is 0 Å². The third-order valence-corrected chi connectivity index (χ3v) is 4.55. The zero-order valence-corrected chi connectivity index (χ0v) is 11.9. The van der Waals surface area contributed by atoms with Gasteiger partial charge in [0.2, 0.25) is 0 Å². The van der Waals surface area contributed by atoms with Gasteiger partial charge in [-0.25, -0.2) is 0 Å². The third kappa shape index (κ3) is 3.04. The molecule has 0 radical (unpaired) electrons. The first-order chi connectivity index (χ1) is 9.74. The normalized spacial score (nSPS) is 31.6. The SMILES string of the molecule is N[C@H]1CCO[C@H](CN2CCc3ccccc3CC2)[C@H]1O. The minimum Gasteiger partial charge on any atom is -0.389 e. The predicted octanol–water partition coefficient (Wildman–Crippen LogP) is 0.564. The van der Waals surface area contributed by atoms with Crippen molar-refractivity contribution in [3.63, 3.8) is 0 Å². The molecule has 4 nitrogen and oxygen atoms in total. The number of nitrogens with zero attached hydrogens (tertiary/aromatic N) is 1. The molecule has 0 aromatic heterocycles. The summed E-state index contributed by atoms with van der Waals surface area (Å²) in [5.74, 6) is 0. The van der Waals surface area contributed by atoms with Crippen LogP contribution in [0.15, 0.2) is 24.3 Å². The lowest BCUT2D eigenvalue weighted by molar-refractivity contribution is -0.0945. The van der Waals surface area contributed by atoms with E-state index in [0.717, 1.165) is 38.9 Å². The van der Waals surface area contributed by atoms with Crippen LogP contribution in [0.4, 0.5) is 0 Å². The summed E-state index contributed by atoms with van der Waals surface area (Å²) in [4.78, 5) is 2.39. The van der Waals surface area contributed by atoms with Crippen LogP contribution in [-0.4, -0.2) is 54.5 Å². The second-order valence-electron chi connectivity index (χ2n) is 5.92. The number of rotatable bonds is 2. The van der Waals surface area contributed by atoms with Crippen molar-refractivity contribution in [3.05, 3.63) is 35.4 Å². The van der Waals surface area contributed by atoms with Crippen molar-refractivity contribution < 1.29 is 9.84 Å². The highest BCUT2D eigenvalue weighted by molar-refractivity contribution is 5.28. The lowest BCUT2D eigenvalue weighted by Crippen LogP contribution is -2.53. The highest BCUT2D eigenvalue weighted by Crippen LogP contribution is 2.18. The summed E-state index contributed by atoms with van der Waals surface area (Å²) in [7, 11) is 0. The molecular weight excluding hydrogens is 252 g/mol. The fourth-order valence-electron chi connectivity index (χ4n) is 3.21. The number of benzene rings is 1. The minimum atomic E-state index is -0.533. The third-order valence-electron chi connectivity index (χ3n) is 4.55. The zero-order valence-electron chi connectivity index (χ0n) is 11.9. The van der Waals surface area contributed by atoms with Crippen molar-refractivity contribution in [3.8, 4) is 0 Å². The quantitative estimate of drug-likeness (QED) is 0.829. The number of ether oxygens (including phenoxy) is 1. The Balaban J connectivity index is 1.60. The first-order valence-corrected chi connectivity index (χ1v) is 7.58. The summed E-state index contributed by atoms with van der Waals surface area (Å²) in [5, 5.41) is 10.1. The van der Waals surface area contributed by atoms with Crippen molar-refractivity contribution >= 4 is 0 Å². The van der Waals surface area contributed by atoms with E-state index in [-0.39, 0.29) is 12.1 Å². The van der Waals surface area contributed by atoms with Crippen molar-refractivity contribution in [2.24, 2.45) is 5.73 Å². The van der Waals surface area contributed by atoms with E-state index in [0.29, 0.717) is 6.61 Å². The van der Waals surface area contributed by atoms with Crippen molar-refractivity contribution in [1.82, 2.24) is 4.90 Å². The van der Waals surface area contributed by atoms with Gasteiger partial charge in [0, 0.05) is 32.3 Å². The summed E-state index contributed by atoms with van der Waals surface area (Å²) >= 11 is 0. The Bertz CT molecular complexity index is 425. The fraction of sp³-hybridized carbons (Fsp3) is 0.625. The first kappa shape index (κ1) is 14.0. The summed E-state index contributed by atoms with van der Waals surface area (Å²) < 4.78 is 5.71. The van der Waals surface area contributed by atoms with Gasteiger partial charge >= 0.3 is 0 Å². The van der Waals surface area contributed by atoms with Gasteiger partial charge in [-0.05, 0) is 30.4 Å². The van der Waals surface area contributed by atoms with E-state index in [1.807, 2.05) is 0 Å². The van der Waals surface area contributed by atoms with Crippen molar-refractivity contribution in [2.45, 2.75) is 37.5 Å². The van der Waals surface area contributed by atoms with Gasteiger partial charge in [-0.3, -0.25) is 4.90 Å². The molecule has 3 N–H and O–H groups in total. The van der Waals surface area contributed by atoms with Gasteiger partial charge < -0.3 is 15.6 Å². The molecule has 1 aromatic carbocycles. The Morgan fingerprint density at radius 3 is 2.50 bits per heavy atom. The molecule has 1 fully saturated rings. The number of aliphatic hydroxyl groups is 1. The van der Waals surface area contributed by atoms with Gasteiger partial charge in [0.1, 0.15) is 0 Å². The second-order valence-corrected chi connectivity index (χ2v) is 5.92. The molecule has 0 unspecified atom stereocenters. The molecule has 4 heteroatoms. The van der Waals surface area contributed by atoms with Crippen LogP contribution in [0.1, 0.15) is 17.5 Å². The van der Waals surface area contributed by atoms with Gasteiger partial charge in [0.05, 0.1) is 12.2 Å². The number of fused-ring (bicyclic) bond motifs is 1. The fourth-order valence-corrected chi connectivity index (χ4v) is 3.21. The van der Waals surface area contributed by atoms with Crippen LogP contribution in [0.5, 0.6) is 0 Å². The Hall–Kier alpha value is -0.940. The number of hydrogen-bond donors (Lipinski definition) is 2. The lowest BCUT2D eigenvalue weighted by Gasteiger charge is -2.35. The molecule has 2 aliphatic heterocycles. The van der Waals surface area contributed by atoms with Gasteiger partial charge in [-0.2, -0.15) is 0 Å². The topological polar surface area (TPSA) is 58.7 Å². The minimum absolute atomic E-state index is 0.139. The van der Waals surface area contributed by atoms with Gasteiger partial charge in [-0.1, -0.05) is 24.3 Å². The molecule has 2 aliphatic rings. The summed E-state index contributed by atoms with van der Waals surface area (Å²) in [6.45, 7) is 3.50. The standard InChI is InChI=1S/C16H24N2O2/c17-14-7-10-20-15(16(14)19)11-18-8-5-12-3-1-2-4-13(12)6-9-18/h1-4,14-16,19H,5-11,17H2/t14-,15+,16-/m0/s1. The van der Waals surface area contributed by atoms with Crippen LogP contribution in [0.3, 0.4) is 0 Å². The molecule has 0 saturated carbocycles. The van der Waals surface area contributed by atoms with Crippen LogP contribution in [-0.2, 0) is 17.6 Å². The van der Waals surface area contributed by atoms with Crippen LogP contribution in [0.2, 0.25) is 0 Å². The first-order valence-electron chi connectivity index (χ1n) is 7.58. The monoisotopic (exact) mass is 276 g/mol. The molecule has 1 saturated heterocycles. The molecule has 0 spiro atoms. The molecule has 0 aliphatic carbocycles. The van der Waals surface area contributed by atoms with E-state index < -0.39 is 6.10 Å². The Kier molecular flexibility index (Phi) is 4.36. The highest BCUT2D eigenvalue weighted by atomic mass is 16.5. The number of hydrogen-bond acceptors (Lipinski definition) is 4. The Morgan fingerprint density at radius 1 is 1.20 bits per heavy atom. The average Bonchev–Trinajstić information content (AvgIpc) is 2.67. The maximum Gasteiger partial charge on any atom is 0.0975 e. The molecular formula is C16H24N2O2. The molecule has 2 heterocycles. The second kappa shape index (κ2) is 6.22. The van der Waals surface area contributed by atoms with Crippen molar-refractivity contribution in [1.29, 1.82) is 0 Å². The largest absolute Gasteiger partial charge is 0.389 e. The molecule has 0 amide bonds. The summed E-state index contributed by atoms with van der Waals surface area (Å²) in [6.07, 6.45) is 2.23. The van der Waals surface area contributed by atoms with E-state index in [9.17, 15) is 5.11 Å². The molecule has 3 atom stereocenters. The van der Waals surface area contributed by atoms with E-state index in [4.69, 9.17) is 10.5 Å². The average molecular weight is 276 g/mol. The maximum atomic E-state index is 10.1. The molecule has 110 valence electrons. The van der Waals surface area contributed by atoms with Gasteiger partial charge in [0.15, 0.2) is 0 Å². The lowest BCUT2D eigenvalue weighted by atomic mass is 10.00. The zero-order chi connectivity index (χ0) is 13.9. The molecule has 1 aromatic rings. The van der Waals surface area contributed by atoms with Crippen molar-refractivity contribution in [2.75, 3.05) is 26.2 Å². The van der Waals surface area contributed by atoms with Crippen LogP contribution in [0, 0.1) is 0 Å². The van der Waals surface area contributed by atoms with E-state index in [2.05, 4.69) is 29.2 Å². The number of nitrogens with two attached hydrogens (primary N) is 1.